The van der Waals surface area contributed by atoms with Crippen LogP contribution in [0.2, 0.25) is 5.02 Å². The smallest absolute Gasteiger partial charge is 0.246 e. The van der Waals surface area contributed by atoms with Crippen molar-refractivity contribution in [3.8, 4) is 10.4 Å². The van der Waals surface area contributed by atoms with Gasteiger partial charge in [-0.3, -0.25) is 24.1 Å². The Morgan fingerprint density at radius 1 is 0.933 bits per heavy atom. The molecule has 0 radical (unpaired) electrons. The van der Waals surface area contributed by atoms with Crippen LogP contribution in [-0.4, -0.2) is 143 Å². The van der Waals surface area contributed by atoms with E-state index in [2.05, 4.69) is 45.5 Å². The van der Waals surface area contributed by atoms with Gasteiger partial charge in [0, 0.05) is 95.1 Å². The van der Waals surface area contributed by atoms with E-state index in [-0.39, 0.29) is 49.0 Å². The number of benzene rings is 3. The number of carbonyl (C=O) groups is 4. The molecule has 4 aliphatic heterocycles. The molecule has 4 aliphatic rings. The summed E-state index contributed by atoms with van der Waals surface area (Å²) < 4.78 is 16.9. The molecule has 0 saturated carbocycles. The predicted octanol–water partition coefficient (Wildman–Crippen LogP) is 6.50. The maximum absolute atomic E-state index is 14.7. The van der Waals surface area contributed by atoms with Crippen LogP contribution >= 0.6 is 22.9 Å². The quantitative estimate of drug-likeness (QED) is 0.0605. The number of fused-ring (bicyclic) bond motifs is 1. The van der Waals surface area contributed by atoms with Crippen LogP contribution in [0.25, 0.3) is 21.5 Å². The Morgan fingerprint density at radius 2 is 1.63 bits per heavy atom. The van der Waals surface area contributed by atoms with Gasteiger partial charge in [-0.25, -0.2) is 14.4 Å². The summed E-state index contributed by atoms with van der Waals surface area (Å²) in [5.41, 5.74) is 9.49. The summed E-state index contributed by atoms with van der Waals surface area (Å²) in [4.78, 5) is 73.4. The van der Waals surface area contributed by atoms with Gasteiger partial charge in [0.2, 0.25) is 29.6 Å². The van der Waals surface area contributed by atoms with Crippen molar-refractivity contribution < 1.29 is 28.7 Å². The summed E-state index contributed by atoms with van der Waals surface area (Å²) in [5.74, 6) is -0.457. The van der Waals surface area contributed by atoms with Crippen molar-refractivity contribution in [3.63, 3.8) is 0 Å². The number of thiazole rings is 1. The van der Waals surface area contributed by atoms with Crippen LogP contribution in [0.5, 0.6) is 0 Å². The molecule has 16 nitrogen and oxygen atoms in total. The SMILES string of the molecule is Cc1cc(Cn2c(N3CC4(CNC4)C3)nc3c(N4CCN(CCCC(=O)NCCCC(=O)N[C@H](C(=O)N5C[C@H](O)C[C@H]5C(=O)N[C@@H](C)c5ccc(-c6scnc6C)cc5)C(C)(C)C)CC4)cc(Cl)cc32)cc(C)c1F. The lowest BCUT2D eigenvalue weighted by molar-refractivity contribution is -0.144. The van der Waals surface area contributed by atoms with Crippen molar-refractivity contribution in [2.24, 2.45) is 10.8 Å². The van der Waals surface area contributed by atoms with Crippen LogP contribution in [0.3, 0.4) is 0 Å². The Labute approximate surface area is 448 Å². The number of likely N-dealkylation sites (tertiary alicyclic amines) is 1. The minimum atomic E-state index is -0.944. The molecule has 19 heteroatoms. The van der Waals surface area contributed by atoms with Gasteiger partial charge in [-0.15, -0.1) is 11.3 Å². The van der Waals surface area contributed by atoms with Gasteiger partial charge < -0.3 is 45.6 Å². The Balaban J connectivity index is 0.718. The minimum Gasteiger partial charge on any atom is -0.391 e. The second kappa shape index (κ2) is 22.5. The average molecular weight is 1070 g/mol. The number of nitrogens with one attached hydrogen (secondary N) is 4. The Kier molecular flexibility index (Phi) is 16.2. The molecule has 0 aliphatic carbocycles. The number of aliphatic hydroxyl groups is 1. The normalized spacial score (nSPS) is 19.5. The molecule has 402 valence electrons. The highest BCUT2D eigenvalue weighted by Crippen LogP contribution is 2.41. The monoisotopic (exact) mass is 1070 g/mol. The second-order valence-corrected chi connectivity index (χ2v) is 23.9. The molecule has 75 heavy (non-hydrogen) atoms. The lowest BCUT2D eigenvalue weighted by Crippen LogP contribution is -2.71. The zero-order chi connectivity index (χ0) is 53.3. The highest BCUT2D eigenvalue weighted by atomic mass is 35.5. The highest BCUT2D eigenvalue weighted by Gasteiger charge is 2.49. The fourth-order valence-corrected chi connectivity index (χ4v) is 12.2. The van der Waals surface area contributed by atoms with E-state index < -0.39 is 29.5 Å². The standard InChI is InChI=1S/C56H73ClFN11O5S/c1-34-22-38(23-35(2)48(34)58)27-69-44-25-41(57)24-43(49(44)64-54(69)67-31-56(32-67)29-59-30-56)66-20-18-65(19-21-66)17-9-11-46(71)60-16-8-10-47(72)63-51(55(5,6)7)53(74)68-28-42(70)26-45(68)52(73)62-36(3)39-12-14-40(15-13-39)50-37(4)61-33-75-50/h12-15,22-25,33,36,42,45,51,59,70H,8-11,16-21,26-32H2,1-7H3,(H,60,71)(H,62,73)(H,63,72)/t36-,42+,45-,51+/m0/s1. The molecule has 0 unspecified atom stereocenters. The van der Waals surface area contributed by atoms with Crippen molar-refractivity contribution in [2.45, 2.75) is 111 Å². The second-order valence-electron chi connectivity index (χ2n) is 22.6. The number of β-amino-alcohol motifs (C(OH)–C–C–N with tert-alkyl or cyclic N) is 1. The number of anilines is 2. The third-order valence-corrected chi connectivity index (χ3v) is 16.7. The predicted molar refractivity (Wildman–Crippen MR) is 294 cm³/mol. The number of piperazine rings is 1. The Morgan fingerprint density at radius 3 is 2.27 bits per heavy atom. The van der Waals surface area contributed by atoms with Gasteiger partial charge in [0.25, 0.3) is 0 Å². The third-order valence-electron chi connectivity index (χ3n) is 15.5. The van der Waals surface area contributed by atoms with Crippen molar-refractivity contribution in [1.82, 2.24) is 45.6 Å². The summed E-state index contributed by atoms with van der Waals surface area (Å²) in [6, 6.07) is 13.6. The first kappa shape index (κ1) is 54.1. The number of rotatable bonds is 18. The van der Waals surface area contributed by atoms with E-state index in [4.69, 9.17) is 16.6 Å². The number of hydrogen-bond donors (Lipinski definition) is 5. The van der Waals surface area contributed by atoms with Gasteiger partial charge in [0.15, 0.2) is 0 Å². The molecule has 1 spiro atoms. The molecule has 5 N–H and O–H groups in total. The molecule has 4 atom stereocenters. The molecular formula is C56H73ClFN11O5S. The van der Waals surface area contributed by atoms with Crippen molar-refractivity contribution in [3.05, 3.63) is 92.8 Å². The van der Waals surface area contributed by atoms with E-state index in [1.165, 1.54) is 4.90 Å². The Bertz CT molecular complexity index is 2880. The number of carbonyl (C=O) groups excluding carboxylic acids is 4. The molecule has 2 aromatic heterocycles. The van der Waals surface area contributed by atoms with Crippen LogP contribution in [0.4, 0.5) is 16.0 Å². The molecule has 3 aromatic carbocycles. The fraction of sp³-hybridized carbons (Fsp3) is 0.536. The van der Waals surface area contributed by atoms with Gasteiger partial charge in [0.1, 0.15) is 23.4 Å². The zero-order valence-electron chi connectivity index (χ0n) is 44.4. The number of halogens is 2. The summed E-state index contributed by atoms with van der Waals surface area (Å²) in [7, 11) is 0. The number of aryl methyl sites for hydroxylation is 3. The van der Waals surface area contributed by atoms with Crippen molar-refractivity contribution in [2.75, 3.05) is 81.8 Å². The summed E-state index contributed by atoms with van der Waals surface area (Å²) in [5, 5.41) is 23.7. The maximum Gasteiger partial charge on any atom is 0.246 e. The van der Waals surface area contributed by atoms with Crippen LogP contribution < -0.4 is 31.1 Å². The number of aromatic nitrogens is 3. The first-order chi connectivity index (χ1) is 35.8. The zero-order valence-corrected chi connectivity index (χ0v) is 46.0. The first-order valence-electron chi connectivity index (χ1n) is 26.5. The van der Waals surface area contributed by atoms with Crippen molar-refractivity contribution in [1.29, 1.82) is 0 Å². The van der Waals surface area contributed by atoms with Gasteiger partial charge in [-0.05, 0) is 92.4 Å². The van der Waals surface area contributed by atoms with E-state index >= 15 is 0 Å². The molecular weight excluding hydrogens is 993 g/mol. The van der Waals surface area contributed by atoms with E-state index in [0.29, 0.717) is 53.9 Å². The Hall–Kier alpha value is -5.66. The maximum atomic E-state index is 14.7. The first-order valence-corrected chi connectivity index (χ1v) is 27.8. The largest absolute Gasteiger partial charge is 0.391 e. The van der Waals surface area contributed by atoms with Crippen LogP contribution in [0.1, 0.15) is 93.8 Å². The topological polar surface area (TPSA) is 180 Å². The number of imidazole rings is 1. The average Bonchev–Trinajstić information content (AvgIpc) is 4.06. The number of nitrogens with zero attached hydrogens (tertiary/aromatic N) is 7. The molecule has 5 aromatic rings. The summed E-state index contributed by atoms with van der Waals surface area (Å²) >= 11 is 8.45. The van der Waals surface area contributed by atoms with Gasteiger partial charge in [-0.2, -0.15) is 0 Å². The molecule has 4 amide bonds. The molecule has 4 fully saturated rings. The van der Waals surface area contributed by atoms with E-state index in [1.54, 1.807) is 11.3 Å². The van der Waals surface area contributed by atoms with Crippen LogP contribution in [0, 0.1) is 37.4 Å². The lowest BCUT2D eigenvalue weighted by atomic mass is 9.75. The number of hydrogen-bond acceptors (Lipinski definition) is 12. The van der Waals surface area contributed by atoms with Crippen molar-refractivity contribution >= 4 is 69.2 Å². The molecule has 4 saturated heterocycles. The summed E-state index contributed by atoms with van der Waals surface area (Å²) in [6.45, 7) is 21.8. The van der Waals surface area contributed by atoms with Crippen LogP contribution in [0.15, 0.2) is 54.0 Å². The molecule has 9 rings (SSSR count). The fourth-order valence-electron chi connectivity index (χ4n) is 11.2. The van der Waals surface area contributed by atoms with E-state index in [9.17, 15) is 28.7 Å². The highest BCUT2D eigenvalue weighted by molar-refractivity contribution is 7.13. The van der Waals surface area contributed by atoms with Gasteiger partial charge >= 0.3 is 0 Å². The van der Waals surface area contributed by atoms with E-state index in [0.717, 1.165) is 109 Å². The molecule has 6 heterocycles. The van der Waals surface area contributed by atoms with E-state index in [1.807, 2.05) is 103 Å². The number of aliphatic hydroxyl groups excluding tert-OH is 1. The summed E-state index contributed by atoms with van der Waals surface area (Å²) in [6.07, 6.45) is 0.749. The van der Waals surface area contributed by atoms with Gasteiger partial charge in [0.05, 0.1) is 46.0 Å². The minimum absolute atomic E-state index is 0.0155. The number of amides is 4. The van der Waals surface area contributed by atoms with Gasteiger partial charge in [-0.1, -0.05) is 68.8 Å². The third kappa shape index (κ3) is 12.1. The molecule has 0 bridgehead atoms. The lowest BCUT2D eigenvalue weighted by Gasteiger charge is -2.56. The van der Waals surface area contributed by atoms with Crippen LogP contribution in [-0.2, 0) is 25.7 Å².